The summed E-state index contributed by atoms with van der Waals surface area (Å²) in [6, 6.07) is -4.88. The second kappa shape index (κ2) is 13.2. The first-order chi connectivity index (χ1) is 15.5. The molecular weight excluding hydrogens is 440 g/mol. The first-order valence-corrected chi connectivity index (χ1v) is 10.3. The first kappa shape index (κ1) is 27.6. The molecule has 186 valence electrons. The Kier molecular flexibility index (Phi) is 11.0. The zero-order valence-electron chi connectivity index (χ0n) is 18.1. The number of carboxylic acid groups (broad SMARTS) is 1. The van der Waals surface area contributed by atoms with E-state index in [4.69, 9.17) is 33.1 Å². The molecule has 1 aliphatic heterocycles. The Balaban J connectivity index is 2.92. The van der Waals surface area contributed by atoms with E-state index >= 15 is 0 Å². The van der Waals surface area contributed by atoms with E-state index < -0.39 is 60.4 Å². The fraction of sp³-hybridized carbons (Fsp3) is 0.667. The van der Waals surface area contributed by atoms with Gasteiger partial charge in [-0.15, -0.1) is 0 Å². The van der Waals surface area contributed by atoms with Gasteiger partial charge in [-0.25, -0.2) is 4.79 Å². The molecule has 1 aliphatic rings. The molecule has 0 bridgehead atoms. The van der Waals surface area contributed by atoms with Gasteiger partial charge in [0.15, 0.2) is 5.96 Å². The van der Waals surface area contributed by atoms with E-state index in [9.17, 15) is 24.0 Å². The number of carboxylic acids is 1. The van der Waals surface area contributed by atoms with Crippen molar-refractivity contribution < 1.29 is 34.2 Å². The predicted octanol–water partition coefficient (Wildman–Crippen LogP) is -4.72. The molecule has 1 heterocycles. The average molecular weight is 473 g/mol. The monoisotopic (exact) mass is 472 g/mol. The van der Waals surface area contributed by atoms with Crippen molar-refractivity contribution in [3.63, 3.8) is 0 Å². The van der Waals surface area contributed by atoms with Crippen molar-refractivity contribution in [2.45, 2.75) is 56.3 Å². The second-order valence-corrected chi connectivity index (χ2v) is 7.56. The predicted molar refractivity (Wildman–Crippen MR) is 115 cm³/mol. The number of hydrogen-bond acceptors (Lipinski definition) is 8. The lowest BCUT2D eigenvalue weighted by Crippen LogP contribution is -2.57. The molecule has 1 saturated heterocycles. The smallest absolute Gasteiger partial charge is 0.328 e. The van der Waals surface area contributed by atoms with Crippen molar-refractivity contribution in [2.24, 2.45) is 27.9 Å². The summed E-state index contributed by atoms with van der Waals surface area (Å²) in [6.07, 6.45) is 0.743. The Morgan fingerprint density at radius 2 is 1.76 bits per heavy atom. The molecule has 12 N–H and O–H groups in total. The van der Waals surface area contributed by atoms with Gasteiger partial charge >= 0.3 is 5.97 Å². The number of nitrogens with two attached hydrogens (primary N) is 4. The Morgan fingerprint density at radius 1 is 1.09 bits per heavy atom. The molecule has 4 amide bonds. The van der Waals surface area contributed by atoms with Crippen LogP contribution in [0.3, 0.4) is 0 Å². The Morgan fingerprint density at radius 3 is 2.30 bits per heavy atom. The molecule has 0 saturated carbocycles. The lowest BCUT2D eigenvalue weighted by atomic mass is 10.1. The van der Waals surface area contributed by atoms with Gasteiger partial charge in [0, 0.05) is 13.1 Å². The minimum absolute atomic E-state index is 0.0496. The van der Waals surface area contributed by atoms with Crippen molar-refractivity contribution in [2.75, 3.05) is 19.7 Å². The first-order valence-electron chi connectivity index (χ1n) is 10.3. The molecule has 0 aromatic heterocycles. The number of aliphatic hydroxyl groups excluding tert-OH is 1. The molecule has 0 spiro atoms. The number of rotatable bonds is 13. The molecule has 0 aromatic rings. The van der Waals surface area contributed by atoms with Gasteiger partial charge in [0.25, 0.3) is 0 Å². The van der Waals surface area contributed by atoms with E-state index in [0.717, 1.165) is 0 Å². The lowest BCUT2D eigenvalue weighted by Gasteiger charge is -2.28. The van der Waals surface area contributed by atoms with Crippen molar-refractivity contribution in [3.8, 4) is 0 Å². The van der Waals surface area contributed by atoms with E-state index in [1.54, 1.807) is 0 Å². The van der Waals surface area contributed by atoms with Crippen LogP contribution in [0.2, 0.25) is 0 Å². The van der Waals surface area contributed by atoms with Gasteiger partial charge in [-0.05, 0) is 25.7 Å². The number of aliphatic imine (C=N–C) groups is 1. The summed E-state index contributed by atoms with van der Waals surface area (Å²) in [7, 11) is 0. The SMILES string of the molecule is NC(=O)CC(N)C(=O)N1CCCC1C(=O)NC(CCCN=C(N)N)C(=O)NC(CO)C(=O)O. The average Bonchev–Trinajstić information content (AvgIpc) is 3.22. The van der Waals surface area contributed by atoms with Crippen LogP contribution < -0.4 is 33.6 Å². The number of carbonyl (C=O) groups excluding carboxylic acids is 4. The largest absolute Gasteiger partial charge is 0.480 e. The third-order valence-corrected chi connectivity index (χ3v) is 4.95. The molecular formula is C18H32N8O7. The highest BCUT2D eigenvalue weighted by atomic mass is 16.4. The highest BCUT2D eigenvalue weighted by Crippen LogP contribution is 2.19. The van der Waals surface area contributed by atoms with E-state index in [1.165, 1.54) is 4.90 Å². The van der Waals surface area contributed by atoms with Crippen LogP contribution in [-0.2, 0) is 24.0 Å². The van der Waals surface area contributed by atoms with Gasteiger partial charge < -0.3 is 48.7 Å². The normalized spacial score (nSPS) is 18.0. The maximum atomic E-state index is 12.9. The number of amides is 4. The summed E-state index contributed by atoms with van der Waals surface area (Å²) in [5.74, 6) is -4.47. The molecule has 1 fully saturated rings. The molecule has 0 aromatic carbocycles. The zero-order chi connectivity index (χ0) is 25.1. The van der Waals surface area contributed by atoms with Crippen molar-refractivity contribution >= 4 is 35.6 Å². The molecule has 15 nitrogen and oxygen atoms in total. The van der Waals surface area contributed by atoms with Crippen LogP contribution in [0.15, 0.2) is 4.99 Å². The number of nitrogens with zero attached hydrogens (tertiary/aromatic N) is 2. The van der Waals surface area contributed by atoms with Crippen LogP contribution in [0.1, 0.15) is 32.1 Å². The van der Waals surface area contributed by atoms with Crippen LogP contribution in [-0.4, -0.2) is 94.5 Å². The number of aliphatic hydroxyl groups is 1. The number of nitrogens with one attached hydrogen (secondary N) is 2. The summed E-state index contributed by atoms with van der Waals surface area (Å²) >= 11 is 0. The van der Waals surface area contributed by atoms with Gasteiger partial charge in [-0.3, -0.25) is 24.2 Å². The molecule has 1 rings (SSSR count). The van der Waals surface area contributed by atoms with Crippen LogP contribution in [0.25, 0.3) is 0 Å². The minimum atomic E-state index is -1.56. The third-order valence-electron chi connectivity index (χ3n) is 4.95. The van der Waals surface area contributed by atoms with Crippen LogP contribution in [0.4, 0.5) is 0 Å². The fourth-order valence-corrected chi connectivity index (χ4v) is 3.32. The zero-order valence-corrected chi connectivity index (χ0v) is 18.1. The number of hydrogen-bond donors (Lipinski definition) is 8. The van der Waals surface area contributed by atoms with Gasteiger partial charge in [0.1, 0.15) is 18.1 Å². The number of primary amides is 1. The summed E-state index contributed by atoms with van der Waals surface area (Å²) in [5.41, 5.74) is 21.3. The number of carbonyl (C=O) groups is 5. The molecule has 0 aliphatic carbocycles. The minimum Gasteiger partial charge on any atom is -0.480 e. The molecule has 4 unspecified atom stereocenters. The van der Waals surface area contributed by atoms with Crippen LogP contribution in [0, 0.1) is 0 Å². The van der Waals surface area contributed by atoms with Crippen molar-refractivity contribution in [3.05, 3.63) is 0 Å². The maximum Gasteiger partial charge on any atom is 0.328 e. The molecule has 0 radical (unpaired) electrons. The Labute approximate surface area is 189 Å². The number of guanidine groups is 1. The van der Waals surface area contributed by atoms with E-state index in [2.05, 4.69) is 15.6 Å². The Hall–Kier alpha value is -3.46. The van der Waals surface area contributed by atoms with Gasteiger partial charge in [-0.1, -0.05) is 0 Å². The van der Waals surface area contributed by atoms with Gasteiger partial charge in [0.2, 0.25) is 23.6 Å². The fourth-order valence-electron chi connectivity index (χ4n) is 3.32. The summed E-state index contributed by atoms with van der Waals surface area (Å²) in [4.78, 5) is 65.2. The Bertz CT molecular complexity index is 771. The van der Waals surface area contributed by atoms with E-state index in [0.29, 0.717) is 12.8 Å². The standard InChI is InChI=1S/C18H32N8O7/c19-9(7-13(20)28)16(31)26-6-2-4-12(26)15(30)24-10(3-1-5-23-18(21)22)14(29)25-11(8-27)17(32)33/h9-12,27H,1-8,19H2,(H2,20,28)(H,24,30)(H,25,29)(H,32,33)(H4,21,22,23). The summed E-state index contributed by atoms with van der Waals surface area (Å²) in [6.45, 7) is -0.463. The van der Waals surface area contributed by atoms with E-state index in [1.807, 2.05) is 0 Å². The van der Waals surface area contributed by atoms with E-state index in [-0.39, 0.29) is 38.3 Å². The topological polar surface area (TPSA) is 270 Å². The number of likely N-dealkylation sites (tertiary alicyclic amines) is 1. The maximum absolute atomic E-state index is 12.9. The lowest BCUT2D eigenvalue weighted by molar-refractivity contribution is -0.144. The number of aliphatic carboxylic acids is 1. The van der Waals surface area contributed by atoms with Crippen molar-refractivity contribution in [1.29, 1.82) is 0 Å². The molecule has 4 atom stereocenters. The molecule has 15 heteroatoms. The second-order valence-electron chi connectivity index (χ2n) is 7.56. The van der Waals surface area contributed by atoms with Gasteiger partial charge in [0.05, 0.1) is 19.1 Å². The third kappa shape index (κ3) is 8.89. The van der Waals surface area contributed by atoms with Crippen LogP contribution >= 0.6 is 0 Å². The summed E-state index contributed by atoms with van der Waals surface area (Å²) in [5, 5.41) is 22.9. The highest BCUT2D eigenvalue weighted by molar-refractivity contribution is 5.95. The van der Waals surface area contributed by atoms with Crippen molar-refractivity contribution in [1.82, 2.24) is 15.5 Å². The molecule has 33 heavy (non-hydrogen) atoms. The highest BCUT2D eigenvalue weighted by Gasteiger charge is 2.38. The van der Waals surface area contributed by atoms with Crippen LogP contribution in [0.5, 0.6) is 0 Å². The summed E-state index contributed by atoms with van der Waals surface area (Å²) < 4.78 is 0. The van der Waals surface area contributed by atoms with Gasteiger partial charge in [-0.2, -0.15) is 0 Å². The quantitative estimate of drug-likeness (QED) is 0.0720.